The van der Waals surface area contributed by atoms with Crippen molar-refractivity contribution in [2.24, 2.45) is 0 Å². The van der Waals surface area contributed by atoms with Gasteiger partial charge in [-0.15, -0.1) is 0 Å². The van der Waals surface area contributed by atoms with Gasteiger partial charge in [-0.05, 0) is 6.42 Å². The van der Waals surface area contributed by atoms with E-state index in [1.54, 1.807) is 0 Å². The van der Waals surface area contributed by atoms with Crippen LogP contribution in [0.5, 0.6) is 6.01 Å². The molecule has 1 N–H and O–H groups in total. The number of aromatic carboxylic acids is 1. The molecule has 18 heavy (non-hydrogen) atoms. The summed E-state index contributed by atoms with van der Waals surface area (Å²) in [5.74, 6) is -1.73. The van der Waals surface area contributed by atoms with Crippen LogP contribution in [0.3, 0.4) is 0 Å². The van der Waals surface area contributed by atoms with E-state index in [-0.39, 0.29) is 6.61 Å². The fourth-order valence-corrected chi connectivity index (χ4v) is 1.12. The Balaban J connectivity index is 3.02. The molecule has 0 aromatic carbocycles. The van der Waals surface area contributed by atoms with Crippen LogP contribution in [-0.4, -0.2) is 27.7 Å². The van der Waals surface area contributed by atoms with Gasteiger partial charge < -0.3 is 9.84 Å². The van der Waals surface area contributed by atoms with Gasteiger partial charge in [-0.3, -0.25) is 0 Å². The predicted octanol–water partition coefficient (Wildman–Crippen LogP) is 2.37. The number of hydrogen-bond donors (Lipinski definition) is 1. The van der Waals surface area contributed by atoms with E-state index in [1.807, 2.05) is 6.92 Å². The molecule has 1 rings (SSSR count). The second kappa shape index (κ2) is 5.65. The number of carbonyl (C=O) groups is 1. The maximum absolute atomic E-state index is 12.6. The Morgan fingerprint density at radius 2 is 2.17 bits per heavy atom. The normalized spacial score (nSPS) is 11.3. The van der Waals surface area contributed by atoms with Gasteiger partial charge >= 0.3 is 18.2 Å². The van der Waals surface area contributed by atoms with Crippen molar-refractivity contribution in [3.05, 3.63) is 17.5 Å². The summed E-state index contributed by atoms with van der Waals surface area (Å²) >= 11 is 0. The van der Waals surface area contributed by atoms with E-state index >= 15 is 0 Å². The summed E-state index contributed by atoms with van der Waals surface area (Å²) in [6.07, 6.45) is -2.82. The zero-order valence-corrected chi connectivity index (χ0v) is 9.49. The molecule has 1 aromatic rings. The van der Waals surface area contributed by atoms with Crippen molar-refractivity contribution in [1.29, 1.82) is 0 Å². The van der Waals surface area contributed by atoms with Crippen molar-refractivity contribution < 1.29 is 27.8 Å². The SMILES string of the molecule is CCCCOc1ncc(C(=O)O)c(C(F)(F)F)n1. The van der Waals surface area contributed by atoms with Crippen molar-refractivity contribution in [3.8, 4) is 6.01 Å². The van der Waals surface area contributed by atoms with E-state index < -0.39 is 29.4 Å². The largest absolute Gasteiger partial charge is 0.478 e. The van der Waals surface area contributed by atoms with Gasteiger partial charge in [-0.2, -0.15) is 18.2 Å². The second-order valence-corrected chi connectivity index (χ2v) is 3.42. The standard InChI is InChI=1S/C10H11F3N2O3/c1-2-3-4-18-9-14-5-6(8(16)17)7(15-9)10(11,12)13/h5H,2-4H2,1H3,(H,16,17). The van der Waals surface area contributed by atoms with Gasteiger partial charge in [0.25, 0.3) is 0 Å². The average Bonchev–Trinajstić information content (AvgIpc) is 2.28. The van der Waals surface area contributed by atoms with Crippen LogP contribution >= 0.6 is 0 Å². The second-order valence-electron chi connectivity index (χ2n) is 3.42. The number of hydrogen-bond acceptors (Lipinski definition) is 4. The van der Waals surface area contributed by atoms with Crippen LogP contribution < -0.4 is 4.74 Å². The average molecular weight is 264 g/mol. The highest BCUT2D eigenvalue weighted by molar-refractivity contribution is 5.88. The van der Waals surface area contributed by atoms with Crippen LogP contribution in [0.25, 0.3) is 0 Å². The molecule has 0 unspecified atom stereocenters. The van der Waals surface area contributed by atoms with E-state index in [0.717, 1.165) is 6.42 Å². The molecule has 0 radical (unpaired) electrons. The number of halogens is 3. The van der Waals surface area contributed by atoms with Crippen LogP contribution in [-0.2, 0) is 6.18 Å². The monoisotopic (exact) mass is 264 g/mol. The number of aromatic nitrogens is 2. The van der Waals surface area contributed by atoms with Gasteiger partial charge in [0.2, 0.25) is 0 Å². The Morgan fingerprint density at radius 1 is 1.50 bits per heavy atom. The number of carboxylic acid groups (broad SMARTS) is 1. The molecular weight excluding hydrogens is 253 g/mol. The minimum Gasteiger partial charge on any atom is -0.478 e. The summed E-state index contributed by atoms with van der Waals surface area (Å²) in [5.41, 5.74) is -2.50. The van der Waals surface area contributed by atoms with Crippen LogP contribution in [0.2, 0.25) is 0 Å². The summed E-state index contributed by atoms with van der Waals surface area (Å²) < 4.78 is 42.6. The molecule has 0 aliphatic rings. The molecule has 1 heterocycles. The van der Waals surface area contributed by atoms with Crippen LogP contribution in [0.1, 0.15) is 35.8 Å². The van der Waals surface area contributed by atoms with Gasteiger partial charge in [-0.1, -0.05) is 13.3 Å². The van der Waals surface area contributed by atoms with Crippen molar-refractivity contribution in [2.45, 2.75) is 25.9 Å². The van der Waals surface area contributed by atoms with Crippen LogP contribution in [0.4, 0.5) is 13.2 Å². The first-order chi connectivity index (χ1) is 8.36. The van der Waals surface area contributed by atoms with Gasteiger partial charge in [0.15, 0.2) is 5.69 Å². The summed E-state index contributed by atoms with van der Waals surface area (Å²) in [6.45, 7) is 2.07. The molecule has 8 heteroatoms. The summed E-state index contributed by atoms with van der Waals surface area (Å²) in [5, 5.41) is 8.61. The van der Waals surface area contributed by atoms with E-state index in [9.17, 15) is 18.0 Å². The minimum absolute atomic E-state index is 0.181. The van der Waals surface area contributed by atoms with Gasteiger partial charge in [0.05, 0.1) is 6.61 Å². The lowest BCUT2D eigenvalue weighted by Crippen LogP contribution is -2.17. The number of carboxylic acids is 1. The van der Waals surface area contributed by atoms with Crippen molar-refractivity contribution in [3.63, 3.8) is 0 Å². The highest BCUT2D eigenvalue weighted by Crippen LogP contribution is 2.31. The lowest BCUT2D eigenvalue weighted by molar-refractivity contribution is -0.142. The fourth-order valence-electron chi connectivity index (χ4n) is 1.12. The molecule has 1 aromatic heterocycles. The first kappa shape index (κ1) is 14.2. The molecule has 0 saturated heterocycles. The maximum atomic E-state index is 12.6. The highest BCUT2D eigenvalue weighted by atomic mass is 19.4. The van der Waals surface area contributed by atoms with Crippen molar-refractivity contribution >= 4 is 5.97 Å². The molecule has 0 aliphatic carbocycles. The third kappa shape index (κ3) is 3.57. The quantitative estimate of drug-likeness (QED) is 0.826. The molecule has 0 saturated carbocycles. The predicted molar refractivity (Wildman–Crippen MR) is 54.4 cm³/mol. The van der Waals surface area contributed by atoms with Gasteiger partial charge in [0, 0.05) is 6.20 Å². The molecular formula is C10H11F3N2O3. The molecule has 0 fully saturated rings. The molecule has 0 amide bonds. The highest BCUT2D eigenvalue weighted by Gasteiger charge is 2.38. The van der Waals surface area contributed by atoms with Crippen molar-refractivity contribution in [2.75, 3.05) is 6.61 Å². The number of ether oxygens (including phenoxy) is 1. The first-order valence-corrected chi connectivity index (χ1v) is 5.16. The molecule has 0 spiro atoms. The van der Waals surface area contributed by atoms with E-state index in [2.05, 4.69) is 9.97 Å². The van der Waals surface area contributed by atoms with Crippen molar-refractivity contribution in [1.82, 2.24) is 9.97 Å². The van der Waals surface area contributed by atoms with E-state index in [0.29, 0.717) is 12.6 Å². The zero-order valence-electron chi connectivity index (χ0n) is 9.49. The third-order valence-electron chi connectivity index (χ3n) is 1.99. The lowest BCUT2D eigenvalue weighted by Gasteiger charge is -2.10. The number of alkyl halides is 3. The first-order valence-electron chi connectivity index (χ1n) is 5.16. The van der Waals surface area contributed by atoms with E-state index in [1.165, 1.54) is 0 Å². The summed E-state index contributed by atoms with van der Waals surface area (Å²) in [6, 6.07) is -0.472. The fraction of sp³-hybridized carbons (Fsp3) is 0.500. The maximum Gasteiger partial charge on any atom is 0.434 e. The van der Waals surface area contributed by atoms with E-state index in [4.69, 9.17) is 9.84 Å². The minimum atomic E-state index is -4.86. The van der Waals surface area contributed by atoms with Gasteiger partial charge in [-0.25, -0.2) is 9.78 Å². The third-order valence-corrected chi connectivity index (χ3v) is 1.99. The number of unbranched alkanes of at least 4 members (excludes halogenated alkanes) is 1. The lowest BCUT2D eigenvalue weighted by atomic mass is 10.2. The number of rotatable bonds is 5. The zero-order chi connectivity index (χ0) is 13.8. The summed E-state index contributed by atoms with van der Waals surface area (Å²) in [4.78, 5) is 17.1. The Morgan fingerprint density at radius 3 is 2.67 bits per heavy atom. The molecule has 0 aliphatic heterocycles. The Kier molecular flexibility index (Phi) is 4.46. The number of nitrogens with zero attached hydrogens (tertiary/aromatic N) is 2. The van der Waals surface area contributed by atoms with Crippen LogP contribution in [0, 0.1) is 0 Å². The smallest absolute Gasteiger partial charge is 0.434 e. The van der Waals surface area contributed by atoms with Crippen LogP contribution in [0.15, 0.2) is 6.20 Å². The Hall–Kier alpha value is -1.86. The summed E-state index contributed by atoms with van der Waals surface area (Å²) in [7, 11) is 0. The molecule has 0 bridgehead atoms. The molecule has 100 valence electrons. The van der Waals surface area contributed by atoms with Gasteiger partial charge in [0.1, 0.15) is 5.56 Å². The Bertz CT molecular complexity index is 435. The molecule has 5 nitrogen and oxygen atoms in total. The topological polar surface area (TPSA) is 72.3 Å². The molecule has 0 atom stereocenters. The Labute approximate surface area is 101 Å².